The zero-order valence-electron chi connectivity index (χ0n) is 15.5. The highest BCUT2D eigenvalue weighted by molar-refractivity contribution is 5.68. The van der Waals surface area contributed by atoms with Crippen molar-refractivity contribution in [3.05, 3.63) is 48.1 Å². The van der Waals surface area contributed by atoms with Gasteiger partial charge in [-0.05, 0) is 65.2 Å². The molecule has 0 spiro atoms. The number of benzene rings is 1. The number of ether oxygens (including phenoxy) is 2. The number of halogens is 2. The molecule has 0 aliphatic rings. The van der Waals surface area contributed by atoms with Crippen LogP contribution in [0.15, 0.2) is 30.9 Å². The molecule has 140 valence electrons. The standard InChI is InChI=1S/C19H27F2NO3/c1-7-16(9-8-13-10-14(20)12-15(21)11-13)24-19(5,6)22-17(23)25-18(2,3)4/h7,10-12,16H,1,8-9H2,2-6H3,(H,22,23). The monoisotopic (exact) mass is 355 g/mol. The molecular weight excluding hydrogens is 328 g/mol. The summed E-state index contributed by atoms with van der Waals surface area (Å²) in [6.07, 6.45) is 1.47. The summed E-state index contributed by atoms with van der Waals surface area (Å²) in [5.74, 6) is -1.23. The van der Waals surface area contributed by atoms with Gasteiger partial charge < -0.3 is 9.47 Å². The number of alkyl carbamates (subject to hydrolysis) is 1. The Labute approximate surface area is 148 Å². The molecule has 1 atom stereocenters. The lowest BCUT2D eigenvalue weighted by molar-refractivity contribution is -0.0766. The summed E-state index contributed by atoms with van der Waals surface area (Å²) >= 11 is 0. The van der Waals surface area contributed by atoms with Crippen molar-refractivity contribution in [3.63, 3.8) is 0 Å². The average molecular weight is 355 g/mol. The van der Waals surface area contributed by atoms with Crippen molar-refractivity contribution in [2.75, 3.05) is 0 Å². The Morgan fingerprint density at radius 1 is 1.20 bits per heavy atom. The molecule has 0 saturated heterocycles. The van der Waals surface area contributed by atoms with Gasteiger partial charge >= 0.3 is 6.09 Å². The normalized spacial score (nSPS) is 13.2. The number of carbonyl (C=O) groups is 1. The van der Waals surface area contributed by atoms with E-state index in [0.29, 0.717) is 18.4 Å². The lowest BCUT2D eigenvalue weighted by Crippen LogP contribution is -2.49. The van der Waals surface area contributed by atoms with Crippen LogP contribution in [0.4, 0.5) is 13.6 Å². The Balaban J connectivity index is 2.61. The van der Waals surface area contributed by atoms with Crippen LogP contribution in [0.1, 0.15) is 46.6 Å². The van der Waals surface area contributed by atoms with Crippen molar-refractivity contribution in [2.45, 2.75) is 64.9 Å². The zero-order valence-corrected chi connectivity index (χ0v) is 15.5. The molecule has 0 aliphatic carbocycles. The van der Waals surface area contributed by atoms with Gasteiger partial charge in [-0.3, -0.25) is 5.32 Å². The smallest absolute Gasteiger partial charge is 0.409 e. The van der Waals surface area contributed by atoms with Crippen LogP contribution in [-0.2, 0) is 15.9 Å². The summed E-state index contributed by atoms with van der Waals surface area (Å²) in [6, 6.07) is 3.40. The molecule has 4 nitrogen and oxygen atoms in total. The second-order valence-electron chi connectivity index (χ2n) is 7.35. The van der Waals surface area contributed by atoms with E-state index in [1.807, 2.05) is 0 Å². The lowest BCUT2D eigenvalue weighted by atomic mass is 10.1. The van der Waals surface area contributed by atoms with Gasteiger partial charge in [-0.2, -0.15) is 0 Å². The fourth-order valence-corrected chi connectivity index (χ4v) is 2.25. The van der Waals surface area contributed by atoms with E-state index >= 15 is 0 Å². The second kappa shape index (κ2) is 8.43. The van der Waals surface area contributed by atoms with Crippen LogP contribution in [0.2, 0.25) is 0 Å². The molecule has 0 fully saturated rings. The lowest BCUT2D eigenvalue weighted by Gasteiger charge is -2.31. The third kappa shape index (κ3) is 8.63. The van der Waals surface area contributed by atoms with Gasteiger partial charge in [0.25, 0.3) is 0 Å². The van der Waals surface area contributed by atoms with Gasteiger partial charge in [0.2, 0.25) is 0 Å². The van der Waals surface area contributed by atoms with Crippen LogP contribution in [0.25, 0.3) is 0 Å². The minimum Gasteiger partial charge on any atom is -0.444 e. The summed E-state index contributed by atoms with van der Waals surface area (Å²) < 4.78 is 37.5. The van der Waals surface area contributed by atoms with E-state index in [-0.39, 0.29) is 0 Å². The number of amides is 1. The van der Waals surface area contributed by atoms with Crippen LogP contribution in [-0.4, -0.2) is 23.5 Å². The first-order valence-corrected chi connectivity index (χ1v) is 8.17. The average Bonchev–Trinajstić information content (AvgIpc) is 2.39. The Morgan fingerprint density at radius 3 is 2.24 bits per heavy atom. The molecule has 0 aliphatic heterocycles. The van der Waals surface area contributed by atoms with E-state index in [0.717, 1.165) is 6.07 Å². The molecule has 1 unspecified atom stereocenters. The number of aryl methyl sites for hydroxylation is 1. The molecule has 0 aromatic heterocycles. The highest BCUT2D eigenvalue weighted by atomic mass is 19.1. The molecule has 0 radical (unpaired) electrons. The SMILES string of the molecule is C=CC(CCc1cc(F)cc(F)c1)OC(C)(C)NC(=O)OC(C)(C)C. The number of nitrogens with one attached hydrogen (secondary N) is 1. The molecule has 25 heavy (non-hydrogen) atoms. The molecule has 6 heteroatoms. The third-order valence-corrected chi connectivity index (χ3v) is 3.15. The summed E-state index contributed by atoms with van der Waals surface area (Å²) in [5.41, 5.74) is -1.07. The number of hydrogen-bond donors (Lipinski definition) is 1. The Bertz CT molecular complexity index is 589. The van der Waals surface area contributed by atoms with Crippen LogP contribution in [0.5, 0.6) is 0 Å². The molecule has 0 saturated carbocycles. The molecule has 1 rings (SSSR count). The highest BCUT2D eigenvalue weighted by Crippen LogP contribution is 2.17. The number of hydrogen-bond acceptors (Lipinski definition) is 3. The van der Waals surface area contributed by atoms with Gasteiger partial charge in [-0.15, -0.1) is 6.58 Å². The van der Waals surface area contributed by atoms with E-state index in [2.05, 4.69) is 11.9 Å². The Hall–Kier alpha value is -1.95. The van der Waals surface area contributed by atoms with Crippen LogP contribution in [0, 0.1) is 11.6 Å². The van der Waals surface area contributed by atoms with E-state index in [1.54, 1.807) is 40.7 Å². The maximum atomic E-state index is 13.2. The minimum absolute atomic E-state index is 0.406. The topological polar surface area (TPSA) is 47.6 Å². The fraction of sp³-hybridized carbons (Fsp3) is 0.526. The molecule has 1 amide bonds. The van der Waals surface area contributed by atoms with E-state index in [1.165, 1.54) is 12.1 Å². The molecule has 1 aromatic carbocycles. The summed E-state index contributed by atoms with van der Waals surface area (Å²) in [5, 5.41) is 2.64. The first kappa shape index (κ1) is 21.1. The molecule has 1 aromatic rings. The predicted molar refractivity (Wildman–Crippen MR) is 93.2 cm³/mol. The largest absolute Gasteiger partial charge is 0.444 e. The maximum absolute atomic E-state index is 13.2. The summed E-state index contributed by atoms with van der Waals surface area (Å²) in [4.78, 5) is 11.9. The van der Waals surface area contributed by atoms with Crippen molar-refractivity contribution in [3.8, 4) is 0 Å². The van der Waals surface area contributed by atoms with Crippen molar-refractivity contribution in [1.82, 2.24) is 5.32 Å². The zero-order chi connectivity index (χ0) is 19.3. The Kier molecular flexibility index (Phi) is 7.11. The van der Waals surface area contributed by atoms with E-state index in [4.69, 9.17) is 9.47 Å². The first-order chi connectivity index (χ1) is 11.4. The van der Waals surface area contributed by atoms with Gasteiger partial charge in [0, 0.05) is 6.07 Å². The highest BCUT2D eigenvalue weighted by Gasteiger charge is 2.27. The molecule has 1 N–H and O–H groups in total. The van der Waals surface area contributed by atoms with Gasteiger partial charge in [-0.25, -0.2) is 13.6 Å². The quantitative estimate of drug-likeness (QED) is 0.568. The minimum atomic E-state index is -0.992. The summed E-state index contributed by atoms with van der Waals surface area (Å²) in [6.45, 7) is 12.4. The van der Waals surface area contributed by atoms with Gasteiger partial charge in [-0.1, -0.05) is 6.08 Å². The van der Waals surface area contributed by atoms with Crippen molar-refractivity contribution in [2.24, 2.45) is 0 Å². The molecule has 0 bridgehead atoms. The fourth-order valence-electron chi connectivity index (χ4n) is 2.25. The van der Waals surface area contributed by atoms with Crippen molar-refractivity contribution >= 4 is 6.09 Å². The number of carbonyl (C=O) groups excluding carboxylic acids is 1. The maximum Gasteiger partial charge on any atom is 0.409 e. The summed E-state index contributed by atoms with van der Waals surface area (Å²) in [7, 11) is 0. The van der Waals surface area contributed by atoms with Gasteiger partial charge in [0.15, 0.2) is 0 Å². The van der Waals surface area contributed by atoms with Crippen molar-refractivity contribution in [1.29, 1.82) is 0 Å². The van der Waals surface area contributed by atoms with Crippen LogP contribution < -0.4 is 5.32 Å². The first-order valence-electron chi connectivity index (χ1n) is 8.17. The van der Waals surface area contributed by atoms with Crippen LogP contribution in [0.3, 0.4) is 0 Å². The molecule has 0 heterocycles. The van der Waals surface area contributed by atoms with Crippen molar-refractivity contribution < 1.29 is 23.0 Å². The van der Waals surface area contributed by atoms with E-state index < -0.39 is 35.2 Å². The Morgan fingerprint density at radius 2 is 1.76 bits per heavy atom. The predicted octanol–water partition coefficient (Wildman–Crippen LogP) is 4.73. The van der Waals surface area contributed by atoms with Gasteiger partial charge in [0.1, 0.15) is 23.0 Å². The second-order valence-corrected chi connectivity index (χ2v) is 7.35. The van der Waals surface area contributed by atoms with Crippen LogP contribution >= 0.6 is 0 Å². The van der Waals surface area contributed by atoms with Gasteiger partial charge in [0.05, 0.1) is 6.10 Å². The molecular formula is C19H27F2NO3. The third-order valence-electron chi connectivity index (χ3n) is 3.15. The number of rotatable bonds is 7. The van der Waals surface area contributed by atoms with E-state index in [9.17, 15) is 13.6 Å².